The van der Waals surface area contributed by atoms with Crippen molar-refractivity contribution in [3.63, 3.8) is 0 Å². The van der Waals surface area contributed by atoms with Crippen LogP contribution in [0.3, 0.4) is 0 Å². The van der Waals surface area contributed by atoms with E-state index in [1.165, 1.54) is 6.20 Å². The van der Waals surface area contributed by atoms with Crippen LogP contribution < -0.4 is 0 Å². The van der Waals surface area contributed by atoms with Crippen molar-refractivity contribution >= 4 is 23.2 Å². The molecule has 6 heteroatoms. The van der Waals surface area contributed by atoms with Gasteiger partial charge in [-0.05, 0) is 21.0 Å². The van der Waals surface area contributed by atoms with Gasteiger partial charge in [-0.15, -0.1) is 0 Å². The number of hydrogen-bond acceptors (Lipinski definition) is 6. The van der Waals surface area contributed by atoms with E-state index in [9.17, 15) is 14.4 Å². The summed E-state index contributed by atoms with van der Waals surface area (Å²) in [7, 11) is 3.56. The number of rotatable bonds is 9. The van der Waals surface area contributed by atoms with E-state index in [0.717, 1.165) is 0 Å². The summed E-state index contributed by atoms with van der Waals surface area (Å²) < 4.78 is 5.03. The van der Waals surface area contributed by atoms with Crippen molar-refractivity contribution in [3.8, 4) is 0 Å². The van der Waals surface area contributed by atoms with Crippen molar-refractivity contribution in [1.82, 2.24) is 4.90 Å². The highest BCUT2D eigenvalue weighted by atomic mass is 16.5. The fraction of sp³-hybridized carbons (Fsp3) is 0.217. The maximum Gasteiger partial charge on any atom is 0.354 e. The molecule has 2 rings (SSSR count). The van der Waals surface area contributed by atoms with Gasteiger partial charge in [-0.25, -0.2) is 4.79 Å². The second-order valence-electron chi connectivity index (χ2n) is 6.47. The van der Waals surface area contributed by atoms with E-state index >= 15 is 0 Å². The van der Waals surface area contributed by atoms with E-state index in [1.807, 2.05) is 0 Å². The van der Waals surface area contributed by atoms with Gasteiger partial charge < -0.3 is 9.64 Å². The van der Waals surface area contributed by atoms with Gasteiger partial charge in [-0.2, -0.15) is 0 Å². The Labute approximate surface area is 170 Å². The third-order valence-electron chi connectivity index (χ3n) is 3.89. The Morgan fingerprint density at radius 2 is 1.38 bits per heavy atom. The number of carbonyl (C=O) groups is 3. The summed E-state index contributed by atoms with van der Waals surface area (Å²) in [6.07, 6.45) is 1.17. The molecule has 0 radical (unpaired) electrons. The van der Waals surface area contributed by atoms with Crippen LogP contribution in [0.5, 0.6) is 0 Å². The molecule has 0 aliphatic heterocycles. The third-order valence-corrected chi connectivity index (χ3v) is 3.89. The Morgan fingerprint density at radius 1 is 0.897 bits per heavy atom. The highest BCUT2D eigenvalue weighted by Gasteiger charge is 2.22. The molecule has 0 aromatic heterocycles. The number of benzene rings is 2. The van der Waals surface area contributed by atoms with Gasteiger partial charge in [0.15, 0.2) is 11.6 Å². The fourth-order valence-corrected chi connectivity index (χ4v) is 2.52. The van der Waals surface area contributed by atoms with Gasteiger partial charge in [0.05, 0.1) is 12.2 Å². The number of ether oxygens (including phenoxy) is 1. The second kappa shape index (κ2) is 10.8. The topological polar surface area (TPSA) is 76.0 Å². The van der Waals surface area contributed by atoms with Crippen LogP contribution in [0.1, 0.15) is 27.6 Å². The molecule has 150 valence electrons. The van der Waals surface area contributed by atoms with Crippen LogP contribution in [0.25, 0.3) is 0 Å². The fourth-order valence-electron chi connectivity index (χ4n) is 2.52. The first-order chi connectivity index (χ1) is 13.9. The molecule has 0 bridgehead atoms. The van der Waals surface area contributed by atoms with Crippen LogP contribution >= 0.6 is 0 Å². The highest BCUT2D eigenvalue weighted by molar-refractivity contribution is 6.38. The summed E-state index contributed by atoms with van der Waals surface area (Å²) in [4.78, 5) is 44.1. The van der Waals surface area contributed by atoms with Crippen molar-refractivity contribution in [1.29, 1.82) is 0 Å². The molecule has 29 heavy (non-hydrogen) atoms. The lowest BCUT2D eigenvalue weighted by atomic mass is 9.96. The van der Waals surface area contributed by atoms with Crippen LogP contribution in [0.15, 0.2) is 77.4 Å². The summed E-state index contributed by atoms with van der Waals surface area (Å²) >= 11 is 0. The van der Waals surface area contributed by atoms with Crippen molar-refractivity contribution < 1.29 is 19.1 Å². The van der Waals surface area contributed by atoms with Crippen molar-refractivity contribution in [2.24, 2.45) is 4.99 Å². The van der Waals surface area contributed by atoms with Crippen LogP contribution in [0.2, 0.25) is 0 Å². The number of Topliss-reactive ketones (excluding diaryl/α,β-unsaturated/α-hetero) is 2. The summed E-state index contributed by atoms with van der Waals surface area (Å²) in [5.74, 6) is -1.51. The molecule has 0 spiro atoms. The quantitative estimate of drug-likeness (QED) is 0.164. The normalized spacial score (nSPS) is 11.1. The summed E-state index contributed by atoms with van der Waals surface area (Å²) in [5.41, 5.74) is 0.714. The summed E-state index contributed by atoms with van der Waals surface area (Å²) in [6, 6.07) is 17.0. The Balaban J connectivity index is 2.51. The molecule has 6 nitrogen and oxygen atoms in total. The van der Waals surface area contributed by atoms with Crippen LogP contribution in [-0.2, 0) is 9.53 Å². The molecule has 0 fully saturated rings. The van der Waals surface area contributed by atoms with Crippen molar-refractivity contribution in [2.75, 3.05) is 27.2 Å². The number of allylic oxidation sites excluding steroid dienone is 1. The van der Waals surface area contributed by atoms with E-state index in [0.29, 0.717) is 11.1 Å². The minimum Gasteiger partial charge on any atom is -0.461 e. The minimum absolute atomic E-state index is 0.107. The van der Waals surface area contributed by atoms with Crippen molar-refractivity contribution in [3.05, 3.63) is 83.6 Å². The lowest BCUT2D eigenvalue weighted by Gasteiger charge is -2.11. The number of nitrogens with zero attached hydrogens (tertiary/aromatic N) is 2. The first-order valence-electron chi connectivity index (χ1n) is 9.22. The first kappa shape index (κ1) is 21.9. The third kappa shape index (κ3) is 6.33. The zero-order valence-corrected chi connectivity index (χ0v) is 16.8. The second-order valence-corrected chi connectivity index (χ2v) is 6.47. The van der Waals surface area contributed by atoms with E-state index in [-0.39, 0.29) is 24.4 Å². The predicted octanol–water partition coefficient (Wildman–Crippen LogP) is 3.20. The van der Waals surface area contributed by atoms with Gasteiger partial charge in [0, 0.05) is 23.9 Å². The SMILES string of the molecule is CCOC(=O)C(CN(C)C)=NC=C(C(=O)c1ccccc1)C(=O)c1ccccc1. The lowest BCUT2D eigenvalue weighted by molar-refractivity contribution is -0.135. The van der Waals surface area contributed by atoms with E-state index in [1.54, 1.807) is 86.6 Å². The Bertz CT molecular complexity index is 863. The van der Waals surface area contributed by atoms with Crippen LogP contribution in [0, 0.1) is 0 Å². The van der Waals surface area contributed by atoms with E-state index < -0.39 is 17.5 Å². The molecule has 0 aliphatic carbocycles. The average molecular weight is 392 g/mol. The summed E-state index contributed by atoms with van der Waals surface area (Å²) in [5, 5.41) is 0. The van der Waals surface area contributed by atoms with Gasteiger partial charge >= 0.3 is 5.97 Å². The van der Waals surface area contributed by atoms with Gasteiger partial charge in [-0.1, -0.05) is 60.7 Å². The van der Waals surface area contributed by atoms with Gasteiger partial charge in [0.25, 0.3) is 0 Å². The molecule has 0 saturated carbocycles. The van der Waals surface area contributed by atoms with Crippen molar-refractivity contribution in [2.45, 2.75) is 6.92 Å². The Hall–Kier alpha value is -3.38. The molecule has 0 N–H and O–H groups in total. The highest BCUT2D eigenvalue weighted by Crippen LogP contribution is 2.15. The molecule has 0 heterocycles. The predicted molar refractivity (Wildman–Crippen MR) is 112 cm³/mol. The van der Waals surface area contributed by atoms with Gasteiger partial charge in [0.1, 0.15) is 5.71 Å². The van der Waals surface area contributed by atoms with E-state index in [4.69, 9.17) is 4.74 Å². The van der Waals surface area contributed by atoms with E-state index in [2.05, 4.69) is 4.99 Å². The first-order valence-corrected chi connectivity index (χ1v) is 9.22. The van der Waals surface area contributed by atoms with Gasteiger partial charge in [0.2, 0.25) is 0 Å². The molecular formula is C23H24N2O4. The zero-order valence-electron chi connectivity index (χ0n) is 16.8. The Kier molecular flexibility index (Phi) is 8.18. The molecule has 0 saturated heterocycles. The largest absolute Gasteiger partial charge is 0.461 e. The minimum atomic E-state index is -0.587. The number of carbonyl (C=O) groups excluding carboxylic acids is 3. The molecule has 0 unspecified atom stereocenters. The standard InChI is InChI=1S/C23H24N2O4/c1-4-29-23(28)20(16-25(2)3)24-15-19(21(26)17-11-7-5-8-12-17)22(27)18-13-9-6-10-14-18/h5-15H,4,16H2,1-3H3. The molecule has 2 aromatic rings. The molecule has 0 amide bonds. The Morgan fingerprint density at radius 3 is 1.79 bits per heavy atom. The zero-order chi connectivity index (χ0) is 21.2. The number of esters is 1. The maximum absolute atomic E-state index is 13.0. The molecular weight excluding hydrogens is 368 g/mol. The summed E-state index contributed by atoms with van der Waals surface area (Å²) in [6.45, 7) is 2.11. The number of aliphatic imine (C=N–C) groups is 1. The number of ketones is 2. The van der Waals surface area contributed by atoms with Gasteiger partial charge in [-0.3, -0.25) is 14.6 Å². The van der Waals surface area contributed by atoms with Crippen LogP contribution in [0.4, 0.5) is 0 Å². The number of hydrogen-bond donors (Lipinski definition) is 0. The average Bonchev–Trinajstić information content (AvgIpc) is 2.73. The molecule has 0 atom stereocenters. The molecule has 2 aromatic carbocycles. The van der Waals surface area contributed by atoms with Crippen LogP contribution in [-0.4, -0.2) is 55.4 Å². The lowest BCUT2D eigenvalue weighted by Crippen LogP contribution is -2.29. The smallest absolute Gasteiger partial charge is 0.354 e. The maximum atomic E-state index is 13.0. The molecule has 0 aliphatic rings. The monoisotopic (exact) mass is 392 g/mol.